The average molecular weight is 334 g/mol. The standard InChI is InChI=1S/C17H19FN2O4/c1-11(17(22)20(2)3)23-16(21)9-8-15-19-10-14(24-15)12-6-4-5-7-13(12)18/h4-7,10-11H,8-9H2,1-3H3. The number of benzene rings is 1. The molecule has 0 saturated carbocycles. The summed E-state index contributed by atoms with van der Waals surface area (Å²) in [4.78, 5) is 28.8. The molecule has 1 aromatic carbocycles. The predicted octanol–water partition coefficient (Wildman–Crippen LogP) is 2.43. The third kappa shape index (κ3) is 4.41. The summed E-state index contributed by atoms with van der Waals surface area (Å²) >= 11 is 0. The van der Waals surface area contributed by atoms with E-state index in [1.54, 1.807) is 32.3 Å². The molecule has 0 spiro atoms. The Balaban J connectivity index is 1.90. The van der Waals surface area contributed by atoms with Gasteiger partial charge in [0.1, 0.15) is 5.82 Å². The lowest BCUT2D eigenvalue weighted by Gasteiger charge is -2.16. The van der Waals surface area contributed by atoms with E-state index < -0.39 is 17.9 Å². The van der Waals surface area contributed by atoms with E-state index in [2.05, 4.69) is 4.98 Å². The highest BCUT2D eigenvalue weighted by atomic mass is 19.1. The highest BCUT2D eigenvalue weighted by molar-refractivity contribution is 5.83. The number of esters is 1. The van der Waals surface area contributed by atoms with Gasteiger partial charge in [-0.1, -0.05) is 12.1 Å². The first-order valence-electron chi connectivity index (χ1n) is 7.48. The SMILES string of the molecule is CC(OC(=O)CCc1ncc(-c2ccccc2F)o1)C(=O)N(C)C. The van der Waals surface area contributed by atoms with Gasteiger partial charge in [0.25, 0.3) is 5.91 Å². The molecule has 6 nitrogen and oxygen atoms in total. The summed E-state index contributed by atoms with van der Waals surface area (Å²) in [6.45, 7) is 1.52. The Labute approximate surface area is 139 Å². The lowest BCUT2D eigenvalue weighted by atomic mass is 10.2. The van der Waals surface area contributed by atoms with Gasteiger partial charge in [-0.3, -0.25) is 9.59 Å². The number of ether oxygens (including phenoxy) is 1. The van der Waals surface area contributed by atoms with Crippen LogP contribution in [0.2, 0.25) is 0 Å². The van der Waals surface area contributed by atoms with Crippen molar-refractivity contribution in [2.75, 3.05) is 14.1 Å². The number of carbonyl (C=O) groups excluding carboxylic acids is 2. The molecular formula is C17H19FN2O4. The second-order valence-corrected chi connectivity index (χ2v) is 5.46. The van der Waals surface area contributed by atoms with Crippen LogP contribution < -0.4 is 0 Å². The van der Waals surface area contributed by atoms with Gasteiger partial charge in [0.05, 0.1) is 18.2 Å². The summed E-state index contributed by atoms with van der Waals surface area (Å²) in [5.74, 6) is -0.621. The van der Waals surface area contributed by atoms with Crippen LogP contribution in [0, 0.1) is 5.82 Å². The predicted molar refractivity (Wildman–Crippen MR) is 84.5 cm³/mol. The van der Waals surface area contributed by atoms with Crippen molar-refractivity contribution in [3.05, 3.63) is 42.2 Å². The largest absolute Gasteiger partial charge is 0.453 e. The number of amides is 1. The quantitative estimate of drug-likeness (QED) is 0.759. The summed E-state index contributed by atoms with van der Waals surface area (Å²) < 4.78 is 24.2. The summed E-state index contributed by atoms with van der Waals surface area (Å²) in [6.07, 6.45) is 0.793. The molecule has 0 aliphatic heterocycles. The van der Waals surface area contributed by atoms with Crippen molar-refractivity contribution in [3.8, 4) is 11.3 Å². The molecule has 0 aliphatic rings. The van der Waals surface area contributed by atoms with E-state index in [0.29, 0.717) is 17.2 Å². The number of oxazole rings is 1. The summed E-state index contributed by atoms with van der Waals surface area (Å²) in [6, 6.07) is 6.20. The van der Waals surface area contributed by atoms with Gasteiger partial charge < -0.3 is 14.1 Å². The normalized spacial score (nSPS) is 11.8. The van der Waals surface area contributed by atoms with Gasteiger partial charge in [0, 0.05) is 20.5 Å². The minimum atomic E-state index is -0.842. The monoisotopic (exact) mass is 334 g/mol. The van der Waals surface area contributed by atoms with Crippen molar-refractivity contribution < 1.29 is 23.1 Å². The number of carbonyl (C=O) groups is 2. The zero-order valence-electron chi connectivity index (χ0n) is 13.8. The zero-order valence-corrected chi connectivity index (χ0v) is 13.8. The number of hydrogen-bond donors (Lipinski definition) is 0. The van der Waals surface area contributed by atoms with E-state index in [4.69, 9.17) is 9.15 Å². The lowest BCUT2D eigenvalue weighted by Crippen LogP contribution is -2.34. The molecule has 1 heterocycles. The molecule has 0 bridgehead atoms. The van der Waals surface area contributed by atoms with E-state index in [1.165, 1.54) is 24.1 Å². The molecule has 1 amide bonds. The summed E-state index contributed by atoms with van der Waals surface area (Å²) in [5, 5.41) is 0. The molecule has 0 fully saturated rings. The van der Waals surface area contributed by atoms with Crippen molar-refractivity contribution >= 4 is 11.9 Å². The molecular weight excluding hydrogens is 315 g/mol. The van der Waals surface area contributed by atoms with E-state index in [0.717, 1.165) is 0 Å². The van der Waals surface area contributed by atoms with Crippen molar-refractivity contribution in [1.82, 2.24) is 9.88 Å². The minimum absolute atomic E-state index is 0.0161. The van der Waals surface area contributed by atoms with Gasteiger partial charge in [-0.05, 0) is 19.1 Å². The van der Waals surface area contributed by atoms with Crippen LogP contribution in [0.4, 0.5) is 4.39 Å². The first kappa shape index (κ1) is 17.7. The molecule has 24 heavy (non-hydrogen) atoms. The number of aryl methyl sites for hydroxylation is 1. The summed E-state index contributed by atoms with van der Waals surface area (Å²) in [5.41, 5.74) is 0.309. The molecule has 2 aromatic rings. The highest BCUT2D eigenvalue weighted by Crippen LogP contribution is 2.23. The highest BCUT2D eigenvalue weighted by Gasteiger charge is 2.19. The Bertz CT molecular complexity index is 727. The second-order valence-electron chi connectivity index (χ2n) is 5.46. The van der Waals surface area contributed by atoms with Gasteiger partial charge >= 0.3 is 5.97 Å². The Morgan fingerprint density at radius 1 is 1.33 bits per heavy atom. The Morgan fingerprint density at radius 2 is 2.04 bits per heavy atom. The number of halogens is 1. The minimum Gasteiger partial charge on any atom is -0.453 e. The molecule has 1 unspecified atom stereocenters. The van der Waals surface area contributed by atoms with Crippen LogP contribution in [-0.4, -0.2) is 42.0 Å². The number of aromatic nitrogens is 1. The maximum Gasteiger partial charge on any atom is 0.307 e. The molecule has 0 radical (unpaired) electrons. The van der Waals surface area contributed by atoms with Crippen LogP contribution in [0.25, 0.3) is 11.3 Å². The van der Waals surface area contributed by atoms with E-state index in [1.807, 2.05) is 0 Å². The number of rotatable bonds is 6. The Morgan fingerprint density at radius 3 is 2.71 bits per heavy atom. The second kappa shape index (κ2) is 7.72. The van der Waals surface area contributed by atoms with Crippen LogP contribution in [0.1, 0.15) is 19.2 Å². The van der Waals surface area contributed by atoms with Crippen LogP contribution in [0.15, 0.2) is 34.9 Å². The lowest BCUT2D eigenvalue weighted by molar-refractivity contribution is -0.157. The molecule has 1 atom stereocenters. The third-order valence-electron chi connectivity index (χ3n) is 3.33. The molecule has 0 aliphatic carbocycles. The molecule has 1 aromatic heterocycles. The fraction of sp³-hybridized carbons (Fsp3) is 0.353. The number of likely N-dealkylation sites (N-methyl/N-ethyl adjacent to an activating group) is 1. The van der Waals surface area contributed by atoms with Gasteiger partial charge in [-0.15, -0.1) is 0 Å². The van der Waals surface area contributed by atoms with Gasteiger partial charge in [-0.25, -0.2) is 9.37 Å². The van der Waals surface area contributed by atoms with Crippen molar-refractivity contribution in [1.29, 1.82) is 0 Å². The van der Waals surface area contributed by atoms with Crippen LogP contribution in [0.3, 0.4) is 0 Å². The molecule has 0 saturated heterocycles. The maximum absolute atomic E-state index is 13.7. The fourth-order valence-corrected chi connectivity index (χ4v) is 2.09. The fourth-order valence-electron chi connectivity index (χ4n) is 2.09. The van der Waals surface area contributed by atoms with Gasteiger partial charge in [0.2, 0.25) is 0 Å². The van der Waals surface area contributed by atoms with Crippen molar-refractivity contribution in [2.45, 2.75) is 25.9 Å². The summed E-state index contributed by atoms with van der Waals surface area (Å²) in [7, 11) is 3.17. The third-order valence-corrected chi connectivity index (χ3v) is 3.33. The van der Waals surface area contributed by atoms with Gasteiger partial charge in [-0.2, -0.15) is 0 Å². The average Bonchev–Trinajstić information content (AvgIpc) is 3.01. The van der Waals surface area contributed by atoms with Crippen LogP contribution in [-0.2, 0) is 20.7 Å². The van der Waals surface area contributed by atoms with E-state index in [-0.39, 0.29) is 18.7 Å². The van der Waals surface area contributed by atoms with Crippen molar-refractivity contribution in [2.24, 2.45) is 0 Å². The van der Waals surface area contributed by atoms with Crippen molar-refractivity contribution in [3.63, 3.8) is 0 Å². The number of hydrogen-bond acceptors (Lipinski definition) is 5. The number of nitrogens with zero attached hydrogens (tertiary/aromatic N) is 2. The van der Waals surface area contributed by atoms with E-state index in [9.17, 15) is 14.0 Å². The molecule has 0 N–H and O–H groups in total. The maximum atomic E-state index is 13.7. The van der Waals surface area contributed by atoms with Crippen LogP contribution >= 0.6 is 0 Å². The first-order chi connectivity index (χ1) is 11.4. The molecule has 7 heteroatoms. The molecule has 128 valence electrons. The van der Waals surface area contributed by atoms with E-state index >= 15 is 0 Å². The topological polar surface area (TPSA) is 72.6 Å². The van der Waals surface area contributed by atoms with Crippen LogP contribution in [0.5, 0.6) is 0 Å². The molecule has 2 rings (SSSR count). The van der Waals surface area contributed by atoms with Gasteiger partial charge in [0.15, 0.2) is 17.8 Å². The Kier molecular flexibility index (Phi) is 5.68. The first-order valence-corrected chi connectivity index (χ1v) is 7.48. The Hall–Kier alpha value is -2.70. The smallest absolute Gasteiger partial charge is 0.307 e. The zero-order chi connectivity index (χ0) is 17.7.